The van der Waals surface area contributed by atoms with Gasteiger partial charge in [0.1, 0.15) is 11.8 Å². The van der Waals surface area contributed by atoms with Gasteiger partial charge in [0.05, 0.1) is 11.2 Å². The molecule has 1 aliphatic carbocycles. The molecule has 3 nitrogen and oxygen atoms in total. The molecule has 0 bridgehead atoms. The number of hydrogen-bond acceptors (Lipinski definition) is 3. The Morgan fingerprint density at radius 3 is 2.88 bits per heavy atom. The van der Waals surface area contributed by atoms with E-state index in [1.807, 2.05) is 30.3 Å². The SMILES string of the molecule is c1ccc2c3ccc4nocc4cc-3nc2c1. The molecule has 4 rings (SSSR count). The lowest BCUT2D eigenvalue weighted by Gasteiger charge is -1.89. The predicted molar refractivity (Wildman–Crippen MR) is 65.9 cm³/mol. The van der Waals surface area contributed by atoms with Crippen LogP contribution >= 0.6 is 0 Å². The van der Waals surface area contributed by atoms with Gasteiger partial charge in [0, 0.05) is 16.3 Å². The highest BCUT2D eigenvalue weighted by molar-refractivity contribution is 5.99. The monoisotopic (exact) mass is 220 g/mol. The minimum atomic E-state index is 0.854. The molecule has 0 atom stereocenters. The fraction of sp³-hybridized carbons (Fsp3) is 0. The first-order chi connectivity index (χ1) is 8.42. The lowest BCUT2D eigenvalue weighted by molar-refractivity contribution is 0.428. The van der Waals surface area contributed by atoms with Crippen LogP contribution in [0.5, 0.6) is 0 Å². The molecule has 1 aliphatic heterocycles. The molecule has 1 aromatic carbocycles. The Hall–Kier alpha value is -2.42. The molecule has 0 fully saturated rings. The summed E-state index contributed by atoms with van der Waals surface area (Å²) in [7, 11) is 0. The molecule has 80 valence electrons. The van der Waals surface area contributed by atoms with Crippen LogP contribution in [0.3, 0.4) is 0 Å². The van der Waals surface area contributed by atoms with Gasteiger partial charge in [-0.1, -0.05) is 23.4 Å². The van der Waals surface area contributed by atoms with Gasteiger partial charge < -0.3 is 4.52 Å². The molecule has 0 spiro atoms. The zero-order chi connectivity index (χ0) is 11.2. The molecule has 0 saturated heterocycles. The largest absolute Gasteiger partial charge is 0.364 e. The normalized spacial score (nSPS) is 11.5. The molecular formula is C14H8N2O. The van der Waals surface area contributed by atoms with Gasteiger partial charge in [0.15, 0.2) is 0 Å². The first-order valence-electron chi connectivity index (χ1n) is 5.44. The van der Waals surface area contributed by atoms with Crippen LogP contribution in [0.1, 0.15) is 0 Å². The third-order valence-electron chi connectivity index (χ3n) is 3.04. The molecule has 0 unspecified atom stereocenters. The van der Waals surface area contributed by atoms with Gasteiger partial charge in [-0.25, -0.2) is 4.98 Å². The molecule has 2 aliphatic rings. The second kappa shape index (κ2) is 3.04. The second-order valence-corrected chi connectivity index (χ2v) is 4.06. The van der Waals surface area contributed by atoms with Crippen molar-refractivity contribution < 1.29 is 4.52 Å². The van der Waals surface area contributed by atoms with Crippen LogP contribution < -0.4 is 0 Å². The van der Waals surface area contributed by atoms with Crippen LogP contribution in [-0.4, -0.2) is 10.1 Å². The maximum absolute atomic E-state index is 4.95. The minimum absolute atomic E-state index is 0.854. The summed E-state index contributed by atoms with van der Waals surface area (Å²) < 4.78 is 4.95. The Morgan fingerprint density at radius 2 is 1.88 bits per heavy atom. The molecule has 0 amide bonds. The number of nitrogens with zero attached hydrogens (tertiary/aromatic N) is 2. The summed E-state index contributed by atoms with van der Waals surface area (Å²) in [6.45, 7) is 0. The summed E-state index contributed by atoms with van der Waals surface area (Å²) >= 11 is 0. The van der Waals surface area contributed by atoms with Crippen molar-refractivity contribution in [1.29, 1.82) is 0 Å². The van der Waals surface area contributed by atoms with Crippen LogP contribution in [-0.2, 0) is 0 Å². The van der Waals surface area contributed by atoms with Crippen molar-refractivity contribution in [3.05, 3.63) is 48.7 Å². The highest BCUT2D eigenvalue weighted by Gasteiger charge is 2.11. The number of fused-ring (bicyclic) bond motifs is 4. The van der Waals surface area contributed by atoms with Crippen LogP contribution in [0, 0.1) is 0 Å². The van der Waals surface area contributed by atoms with Gasteiger partial charge in [-0.3, -0.25) is 0 Å². The summed E-state index contributed by atoms with van der Waals surface area (Å²) in [6.07, 6.45) is 1.65. The van der Waals surface area contributed by atoms with Crippen molar-refractivity contribution >= 4 is 21.8 Å². The maximum atomic E-state index is 4.95. The molecule has 3 heteroatoms. The first-order valence-corrected chi connectivity index (χ1v) is 5.44. The number of para-hydroxylation sites is 1. The van der Waals surface area contributed by atoms with Crippen molar-refractivity contribution in [2.75, 3.05) is 0 Å². The Labute approximate surface area is 97.0 Å². The standard InChI is InChI=1S/C14H8N2O/c1-2-4-13-10(3-1)11-5-6-12-9(8-17-16-12)7-14(11)15-13/h1-8H. The second-order valence-electron chi connectivity index (χ2n) is 4.06. The quantitative estimate of drug-likeness (QED) is 0.455. The highest BCUT2D eigenvalue weighted by atomic mass is 16.5. The van der Waals surface area contributed by atoms with Crippen molar-refractivity contribution in [3.63, 3.8) is 0 Å². The molecule has 17 heavy (non-hydrogen) atoms. The van der Waals surface area contributed by atoms with E-state index in [4.69, 9.17) is 4.52 Å². The fourth-order valence-electron chi connectivity index (χ4n) is 2.21. The van der Waals surface area contributed by atoms with Gasteiger partial charge in [-0.05, 0) is 24.3 Å². The zero-order valence-electron chi connectivity index (χ0n) is 8.92. The van der Waals surface area contributed by atoms with Crippen LogP contribution in [0.25, 0.3) is 33.1 Å². The van der Waals surface area contributed by atoms with E-state index < -0.39 is 0 Å². The van der Waals surface area contributed by atoms with Crippen LogP contribution in [0.4, 0.5) is 0 Å². The Kier molecular flexibility index (Phi) is 1.56. The fourth-order valence-corrected chi connectivity index (χ4v) is 2.21. The van der Waals surface area contributed by atoms with E-state index in [1.165, 1.54) is 5.39 Å². The average Bonchev–Trinajstić information content (AvgIpc) is 2.89. The molecular weight excluding hydrogens is 212 g/mol. The van der Waals surface area contributed by atoms with E-state index >= 15 is 0 Å². The number of rotatable bonds is 0. The molecule has 0 saturated carbocycles. The first kappa shape index (κ1) is 8.70. The topological polar surface area (TPSA) is 38.9 Å². The third-order valence-corrected chi connectivity index (χ3v) is 3.04. The molecule has 2 heterocycles. The molecule has 1 aromatic heterocycles. The third kappa shape index (κ3) is 1.16. The van der Waals surface area contributed by atoms with Gasteiger partial charge >= 0.3 is 0 Å². The summed E-state index contributed by atoms with van der Waals surface area (Å²) in [5.74, 6) is 0. The van der Waals surface area contributed by atoms with Gasteiger partial charge in [0.2, 0.25) is 0 Å². The Balaban J connectivity index is 2.23. The summed E-state index contributed by atoms with van der Waals surface area (Å²) in [4.78, 5) is 4.62. The zero-order valence-corrected chi connectivity index (χ0v) is 8.92. The van der Waals surface area contributed by atoms with Crippen molar-refractivity contribution in [2.24, 2.45) is 0 Å². The number of aromatic nitrogens is 2. The average molecular weight is 220 g/mol. The van der Waals surface area contributed by atoms with E-state index in [-0.39, 0.29) is 0 Å². The molecule has 0 N–H and O–H groups in total. The van der Waals surface area contributed by atoms with Gasteiger partial charge in [-0.15, -0.1) is 0 Å². The van der Waals surface area contributed by atoms with Gasteiger partial charge in [-0.2, -0.15) is 0 Å². The lowest BCUT2D eigenvalue weighted by Crippen LogP contribution is -1.67. The Morgan fingerprint density at radius 1 is 0.941 bits per heavy atom. The predicted octanol–water partition coefficient (Wildman–Crippen LogP) is 3.48. The molecule has 0 radical (unpaired) electrons. The van der Waals surface area contributed by atoms with E-state index in [9.17, 15) is 0 Å². The summed E-state index contributed by atoms with van der Waals surface area (Å²) in [6, 6.07) is 14.2. The van der Waals surface area contributed by atoms with Crippen molar-refractivity contribution in [2.45, 2.75) is 0 Å². The minimum Gasteiger partial charge on any atom is -0.364 e. The van der Waals surface area contributed by atoms with E-state index in [0.29, 0.717) is 0 Å². The highest BCUT2D eigenvalue weighted by Crippen LogP contribution is 2.31. The number of hydrogen-bond donors (Lipinski definition) is 0. The number of benzene rings is 1. The maximum Gasteiger partial charge on any atom is 0.131 e. The van der Waals surface area contributed by atoms with E-state index in [0.717, 1.165) is 27.7 Å². The Bertz CT molecular complexity index is 804. The van der Waals surface area contributed by atoms with Crippen LogP contribution in [0.15, 0.2) is 53.3 Å². The van der Waals surface area contributed by atoms with Gasteiger partial charge in [0.25, 0.3) is 0 Å². The smallest absolute Gasteiger partial charge is 0.131 e. The summed E-state index contributed by atoms with van der Waals surface area (Å²) in [5, 5.41) is 6.09. The van der Waals surface area contributed by atoms with Crippen LogP contribution in [0.2, 0.25) is 0 Å². The van der Waals surface area contributed by atoms with Crippen molar-refractivity contribution in [3.8, 4) is 11.3 Å². The lowest BCUT2D eigenvalue weighted by atomic mass is 10.1. The van der Waals surface area contributed by atoms with E-state index in [2.05, 4.69) is 22.3 Å². The summed E-state index contributed by atoms with van der Waals surface area (Å²) in [5.41, 5.74) is 4.01. The van der Waals surface area contributed by atoms with E-state index in [1.54, 1.807) is 6.26 Å². The van der Waals surface area contributed by atoms with Crippen molar-refractivity contribution in [1.82, 2.24) is 10.1 Å². The molecule has 2 aromatic rings.